The van der Waals surface area contributed by atoms with Gasteiger partial charge in [-0.15, -0.1) is 0 Å². The molecule has 2 rings (SSSR count). The minimum absolute atomic E-state index is 0.300. The Bertz CT molecular complexity index is 658. The van der Waals surface area contributed by atoms with Gasteiger partial charge >= 0.3 is 5.69 Å². The Morgan fingerprint density at radius 3 is 2.52 bits per heavy atom. The van der Waals surface area contributed by atoms with Gasteiger partial charge in [-0.3, -0.25) is 10.1 Å². The van der Waals surface area contributed by atoms with Crippen LogP contribution in [0.15, 0.2) is 42.5 Å². The molecule has 0 spiro atoms. The molecule has 0 fully saturated rings. The standard InChI is InChI=1S/C16H17FN2O2/c1-3-18(14-9-5-4-7-12(14)2)11-13-8-6-10-15(16(13)17)19(20)21/h4-10H,3,11H2,1-2H3. The molecule has 0 aliphatic carbocycles. The van der Waals surface area contributed by atoms with E-state index in [9.17, 15) is 14.5 Å². The second-order valence-corrected chi connectivity index (χ2v) is 4.81. The Kier molecular flexibility index (Phi) is 4.52. The van der Waals surface area contributed by atoms with Crippen molar-refractivity contribution in [1.82, 2.24) is 0 Å². The normalized spacial score (nSPS) is 10.4. The van der Waals surface area contributed by atoms with Crippen LogP contribution in [0.1, 0.15) is 18.1 Å². The molecular weight excluding hydrogens is 271 g/mol. The average Bonchev–Trinajstić information content (AvgIpc) is 2.47. The summed E-state index contributed by atoms with van der Waals surface area (Å²) in [6.07, 6.45) is 0. The minimum Gasteiger partial charge on any atom is -0.367 e. The highest BCUT2D eigenvalue weighted by molar-refractivity contribution is 5.53. The van der Waals surface area contributed by atoms with E-state index in [1.807, 2.05) is 43.0 Å². The van der Waals surface area contributed by atoms with Crippen LogP contribution >= 0.6 is 0 Å². The van der Waals surface area contributed by atoms with Gasteiger partial charge in [-0.2, -0.15) is 4.39 Å². The number of halogens is 1. The van der Waals surface area contributed by atoms with Crippen molar-refractivity contribution in [1.29, 1.82) is 0 Å². The number of nitro benzene ring substituents is 1. The number of benzene rings is 2. The van der Waals surface area contributed by atoms with E-state index in [-0.39, 0.29) is 0 Å². The molecule has 0 radical (unpaired) electrons. The van der Waals surface area contributed by atoms with Crippen LogP contribution in [0, 0.1) is 22.9 Å². The Morgan fingerprint density at radius 1 is 1.19 bits per heavy atom. The van der Waals surface area contributed by atoms with E-state index in [0.29, 0.717) is 18.7 Å². The molecule has 0 aliphatic rings. The lowest BCUT2D eigenvalue weighted by molar-refractivity contribution is -0.387. The quantitative estimate of drug-likeness (QED) is 0.615. The molecule has 0 unspecified atom stereocenters. The van der Waals surface area contributed by atoms with Crippen molar-refractivity contribution in [2.75, 3.05) is 11.4 Å². The van der Waals surface area contributed by atoms with Crippen molar-refractivity contribution < 1.29 is 9.31 Å². The third-order valence-electron chi connectivity index (χ3n) is 3.45. The maximum absolute atomic E-state index is 14.2. The van der Waals surface area contributed by atoms with Crippen LogP contribution in [0.25, 0.3) is 0 Å². The van der Waals surface area contributed by atoms with E-state index in [0.717, 1.165) is 11.3 Å². The molecule has 2 aromatic carbocycles. The molecule has 5 heteroatoms. The van der Waals surface area contributed by atoms with Crippen molar-refractivity contribution in [2.45, 2.75) is 20.4 Å². The summed E-state index contributed by atoms with van der Waals surface area (Å²) in [5.41, 5.74) is 1.94. The maximum atomic E-state index is 14.2. The van der Waals surface area contributed by atoms with Gasteiger partial charge in [0.2, 0.25) is 5.82 Å². The second-order valence-electron chi connectivity index (χ2n) is 4.81. The van der Waals surface area contributed by atoms with E-state index in [1.165, 1.54) is 12.1 Å². The zero-order chi connectivity index (χ0) is 15.4. The summed E-state index contributed by atoms with van der Waals surface area (Å²) >= 11 is 0. The van der Waals surface area contributed by atoms with E-state index in [2.05, 4.69) is 0 Å². The number of aryl methyl sites for hydroxylation is 1. The lowest BCUT2D eigenvalue weighted by Gasteiger charge is -2.25. The molecule has 0 bridgehead atoms. The van der Waals surface area contributed by atoms with Crippen LogP contribution in [-0.2, 0) is 6.54 Å². The van der Waals surface area contributed by atoms with Crippen LogP contribution in [0.5, 0.6) is 0 Å². The van der Waals surface area contributed by atoms with Crippen LogP contribution in [0.3, 0.4) is 0 Å². The van der Waals surface area contributed by atoms with Crippen LogP contribution in [0.4, 0.5) is 15.8 Å². The Balaban J connectivity index is 2.34. The van der Waals surface area contributed by atoms with Crippen molar-refractivity contribution in [3.05, 3.63) is 69.5 Å². The molecule has 0 saturated heterocycles. The van der Waals surface area contributed by atoms with Gasteiger partial charge in [0.25, 0.3) is 0 Å². The maximum Gasteiger partial charge on any atom is 0.305 e. The zero-order valence-corrected chi connectivity index (χ0v) is 12.0. The summed E-state index contributed by atoms with van der Waals surface area (Å²) in [6.45, 7) is 4.95. The summed E-state index contributed by atoms with van der Waals surface area (Å²) < 4.78 is 14.2. The van der Waals surface area contributed by atoms with Gasteiger partial charge in [0, 0.05) is 30.4 Å². The minimum atomic E-state index is -0.755. The fraction of sp³-hybridized carbons (Fsp3) is 0.250. The molecule has 0 amide bonds. The largest absolute Gasteiger partial charge is 0.367 e. The van der Waals surface area contributed by atoms with Crippen molar-refractivity contribution in [3.63, 3.8) is 0 Å². The number of rotatable bonds is 5. The van der Waals surface area contributed by atoms with Crippen LogP contribution in [0.2, 0.25) is 0 Å². The van der Waals surface area contributed by atoms with Gasteiger partial charge in [0.15, 0.2) is 0 Å². The topological polar surface area (TPSA) is 46.4 Å². The van der Waals surface area contributed by atoms with Crippen LogP contribution < -0.4 is 4.90 Å². The van der Waals surface area contributed by atoms with Gasteiger partial charge in [0.05, 0.1) is 4.92 Å². The molecule has 0 saturated carbocycles. The van der Waals surface area contributed by atoms with E-state index < -0.39 is 16.4 Å². The molecule has 0 heterocycles. The zero-order valence-electron chi connectivity index (χ0n) is 12.0. The molecule has 0 N–H and O–H groups in total. The number of hydrogen-bond donors (Lipinski definition) is 0. The second kappa shape index (κ2) is 6.35. The van der Waals surface area contributed by atoms with E-state index in [1.54, 1.807) is 6.07 Å². The monoisotopic (exact) mass is 288 g/mol. The summed E-state index contributed by atoms with van der Waals surface area (Å²) in [5, 5.41) is 10.8. The Morgan fingerprint density at radius 2 is 1.90 bits per heavy atom. The summed E-state index contributed by atoms with van der Waals surface area (Å²) in [5.74, 6) is -0.755. The van der Waals surface area contributed by atoms with Crippen molar-refractivity contribution in [3.8, 4) is 0 Å². The summed E-state index contributed by atoms with van der Waals surface area (Å²) in [4.78, 5) is 12.1. The van der Waals surface area contributed by atoms with Crippen molar-refractivity contribution in [2.24, 2.45) is 0 Å². The van der Waals surface area contributed by atoms with Gasteiger partial charge in [-0.25, -0.2) is 0 Å². The van der Waals surface area contributed by atoms with Gasteiger partial charge < -0.3 is 4.90 Å². The number of para-hydroxylation sites is 1. The van der Waals surface area contributed by atoms with Gasteiger partial charge in [0.1, 0.15) is 0 Å². The molecule has 110 valence electrons. The highest BCUT2D eigenvalue weighted by atomic mass is 19.1. The molecule has 2 aromatic rings. The van der Waals surface area contributed by atoms with Crippen LogP contribution in [-0.4, -0.2) is 11.5 Å². The SMILES string of the molecule is CCN(Cc1cccc([N+](=O)[O-])c1F)c1ccccc1C. The smallest absolute Gasteiger partial charge is 0.305 e. The summed E-state index contributed by atoms with van der Waals surface area (Å²) in [6, 6.07) is 12.1. The van der Waals surface area contributed by atoms with Gasteiger partial charge in [-0.05, 0) is 25.5 Å². The highest BCUT2D eigenvalue weighted by Crippen LogP contribution is 2.25. The molecule has 21 heavy (non-hydrogen) atoms. The number of hydrogen-bond acceptors (Lipinski definition) is 3. The lowest BCUT2D eigenvalue weighted by atomic mass is 10.1. The molecule has 0 aliphatic heterocycles. The number of nitrogens with zero attached hydrogens (tertiary/aromatic N) is 2. The van der Waals surface area contributed by atoms with Crippen molar-refractivity contribution >= 4 is 11.4 Å². The first-order valence-electron chi connectivity index (χ1n) is 6.77. The third-order valence-corrected chi connectivity index (χ3v) is 3.45. The fourth-order valence-electron chi connectivity index (χ4n) is 2.32. The molecule has 4 nitrogen and oxygen atoms in total. The Labute approximate surface area is 123 Å². The average molecular weight is 288 g/mol. The van der Waals surface area contributed by atoms with E-state index >= 15 is 0 Å². The Hall–Kier alpha value is -2.43. The van der Waals surface area contributed by atoms with Gasteiger partial charge in [-0.1, -0.05) is 30.3 Å². The predicted molar refractivity (Wildman–Crippen MR) is 81.0 cm³/mol. The fourth-order valence-corrected chi connectivity index (χ4v) is 2.32. The predicted octanol–water partition coefficient (Wildman–Crippen LogP) is 4.07. The first-order valence-corrected chi connectivity index (χ1v) is 6.77. The lowest BCUT2D eigenvalue weighted by Crippen LogP contribution is -2.23. The molecule has 0 aromatic heterocycles. The third kappa shape index (κ3) is 3.18. The summed E-state index contributed by atoms with van der Waals surface area (Å²) in [7, 11) is 0. The molecule has 0 atom stereocenters. The highest BCUT2D eigenvalue weighted by Gasteiger charge is 2.19. The number of anilines is 1. The molecular formula is C16H17FN2O2. The number of nitro groups is 1. The first kappa shape index (κ1) is 15.0. The first-order chi connectivity index (χ1) is 10.0. The van der Waals surface area contributed by atoms with E-state index in [4.69, 9.17) is 0 Å².